The number of ether oxygens (including phenoxy) is 3. The van der Waals surface area contributed by atoms with Crippen LogP contribution in [0, 0.1) is 12.7 Å². The van der Waals surface area contributed by atoms with Gasteiger partial charge in [-0.15, -0.1) is 5.10 Å². The molecule has 0 bridgehead atoms. The molecule has 0 aromatic carbocycles. The van der Waals surface area contributed by atoms with Crippen LogP contribution in [0.3, 0.4) is 0 Å². The quantitative estimate of drug-likeness (QED) is 0.332. The Hall–Kier alpha value is -3.12. The Bertz CT molecular complexity index is 1410. The van der Waals surface area contributed by atoms with Crippen molar-refractivity contribution in [2.75, 3.05) is 40.0 Å². The minimum atomic E-state index is -0.503. The van der Waals surface area contributed by atoms with Gasteiger partial charge in [0.1, 0.15) is 35.0 Å². The van der Waals surface area contributed by atoms with Crippen LogP contribution in [0.4, 0.5) is 4.39 Å². The van der Waals surface area contributed by atoms with Crippen molar-refractivity contribution in [2.24, 2.45) is 0 Å². The van der Waals surface area contributed by atoms with E-state index in [1.807, 2.05) is 23.7 Å². The van der Waals surface area contributed by atoms with Gasteiger partial charge in [0.25, 0.3) is 0 Å². The number of nitrogens with zero attached hydrogens (tertiary/aromatic N) is 7. The van der Waals surface area contributed by atoms with E-state index in [4.69, 9.17) is 25.8 Å². The lowest BCUT2D eigenvalue weighted by Crippen LogP contribution is -2.52. The first-order chi connectivity index (χ1) is 18.5. The molecule has 0 aliphatic carbocycles. The number of methoxy groups -OCH3 is 1. The van der Waals surface area contributed by atoms with Gasteiger partial charge < -0.3 is 14.2 Å². The number of imidazole rings is 1. The SMILES string of the molecule is COC(COc1cc(-c2nnn(C3CCN(C4COC4)CC3)c2C)cc2ncc(Cl)n12)c1ccc(F)cn1. The van der Waals surface area contributed by atoms with Crippen molar-refractivity contribution in [3.8, 4) is 17.1 Å². The summed E-state index contributed by atoms with van der Waals surface area (Å²) in [5.41, 5.74) is 3.79. The predicted octanol–water partition coefficient (Wildman–Crippen LogP) is 3.89. The van der Waals surface area contributed by atoms with Crippen LogP contribution in [0.15, 0.2) is 36.7 Å². The minimum Gasteiger partial charge on any atom is -0.475 e. The van der Waals surface area contributed by atoms with Gasteiger partial charge in [-0.1, -0.05) is 16.8 Å². The first kappa shape index (κ1) is 25.2. The average Bonchev–Trinajstić information content (AvgIpc) is 3.47. The molecule has 1 atom stereocenters. The molecule has 4 aromatic heterocycles. The highest BCUT2D eigenvalue weighted by atomic mass is 35.5. The number of halogens is 2. The van der Waals surface area contributed by atoms with Crippen LogP contribution in [-0.4, -0.2) is 80.3 Å². The zero-order valence-corrected chi connectivity index (χ0v) is 22.0. The maximum Gasteiger partial charge on any atom is 0.201 e. The van der Waals surface area contributed by atoms with Crippen molar-refractivity contribution < 1.29 is 18.6 Å². The third kappa shape index (κ3) is 4.75. The minimum absolute atomic E-state index is 0.137. The summed E-state index contributed by atoms with van der Waals surface area (Å²) in [4.78, 5) is 11.1. The van der Waals surface area contributed by atoms with Crippen LogP contribution in [-0.2, 0) is 9.47 Å². The van der Waals surface area contributed by atoms with Crippen LogP contribution in [0.1, 0.15) is 36.4 Å². The second kappa shape index (κ2) is 10.6. The summed E-state index contributed by atoms with van der Waals surface area (Å²) in [5, 5.41) is 9.50. The first-order valence-corrected chi connectivity index (χ1v) is 13.1. The fourth-order valence-corrected chi connectivity index (χ4v) is 5.40. The van der Waals surface area contributed by atoms with Crippen molar-refractivity contribution in [1.82, 2.24) is 34.3 Å². The van der Waals surface area contributed by atoms with Gasteiger partial charge in [-0.2, -0.15) is 0 Å². The van der Waals surface area contributed by atoms with Crippen molar-refractivity contribution in [1.29, 1.82) is 0 Å². The molecule has 4 aromatic rings. The van der Waals surface area contributed by atoms with Crippen LogP contribution in [0.25, 0.3) is 16.9 Å². The van der Waals surface area contributed by atoms with Gasteiger partial charge in [0, 0.05) is 31.8 Å². The zero-order valence-electron chi connectivity index (χ0n) is 21.3. The molecule has 2 saturated heterocycles. The van der Waals surface area contributed by atoms with Gasteiger partial charge in [-0.25, -0.2) is 14.1 Å². The second-order valence-electron chi connectivity index (χ2n) is 9.72. The number of pyridine rings is 2. The van der Waals surface area contributed by atoms with Crippen LogP contribution in [0.5, 0.6) is 5.88 Å². The number of piperidine rings is 1. The van der Waals surface area contributed by atoms with E-state index in [2.05, 4.69) is 25.2 Å². The molecular formula is C26H29ClFN7O3. The van der Waals surface area contributed by atoms with Gasteiger partial charge in [0.2, 0.25) is 5.88 Å². The van der Waals surface area contributed by atoms with E-state index in [1.54, 1.807) is 23.8 Å². The summed E-state index contributed by atoms with van der Waals surface area (Å²) in [6, 6.07) is 7.60. The molecule has 6 heterocycles. The molecule has 6 rings (SSSR count). The summed E-state index contributed by atoms with van der Waals surface area (Å²) in [6.45, 7) is 5.94. The Labute approximate surface area is 224 Å². The molecule has 10 nitrogen and oxygen atoms in total. The summed E-state index contributed by atoms with van der Waals surface area (Å²) in [6.07, 6.45) is 4.29. The molecular weight excluding hydrogens is 513 g/mol. The molecule has 1 unspecified atom stereocenters. The molecule has 200 valence electrons. The van der Waals surface area contributed by atoms with Crippen LogP contribution < -0.4 is 4.74 Å². The number of rotatable bonds is 8. The second-order valence-corrected chi connectivity index (χ2v) is 10.1. The number of fused-ring (bicyclic) bond motifs is 1. The van der Waals surface area contributed by atoms with Crippen molar-refractivity contribution in [2.45, 2.75) is 38.0 Å². The Kier molecular flexibility index (Phi) is 7.00. The largest absolute Gasteiger partial charge is 0.475 e. The zero-order chi connectivity index (χ0) is 26.2. The lowest BCUT2D eigenvalue weighted by Gasteiger charge is -2.41. The lowest BCUT2D eigenvalue weighted by molar-refractivity contribution is -0.0735. The van der Waals surface area contributed by atoms with Crippen molar-refractivity contribution in [3.63, 3.8) is 0 Å². The standard InChI is InChI=1S/C26H29ClFN7O3/c1-16-26(31-32-35(16)19-5-7-33(8-6-19)20-13-37-14-20)17-9-24-30-12-23(27)34(24)25(10-17)38-15-22(36-2)21-4-3-18(28)11-29-21/h3-4,9-12,19-20,22H,5-8,13-15H2,1-2H3. The summed E-state index contributed by atoms with van der Waals surface area (Å²) >= 11 is 6.44. The number of aromatic nitrogens is 6. The molecule has 0 radical (unpaired) electrons. The number of hydrogen-bond acceptors (Lipinski definition) is 8. The molecule has 0 spiro atoms. The van der Waals surface area contributed by atoms with E-state index >= 15 is 0 Å². The van der Waals surface area contributed by atoms with E-state index in [0.717, 1.165) is 62.3 Å². The molecule has 12 heteroatoms. The highest BCUT2D eigenvalue weighted by Crippen LogP contribution is 2.33. The average molecular weight is 542 g/mol. The molecule has 0 amide bonds. The molecule has 0 N–H and O–H groups in total. The third-order valence-corrected chi connectivity index (χ3v) is 7.73. The highest BCUT2D eigenvalue weighted by molar-refractivity contribution is 6.29. The monoisotopic (exact) mass is 541 g/mol. The van der Waals surface area contributed by atoms with Gasteiger partial charge in [0.15, 0.2) is 0 Å². The fraction of sp³-hybridized carbons (Fsp3) is 0.462. The molecule has 38 heavy (non-hydrogen) atoms. The predicted molar refractivity (Wildman–Crippen MR) is 138 cm³/mol. The summed E-state index contributed by atoms with van der Waals surface area (Å²) in [7, 11) is 1.56. The van der Waals surface area contributed by atoms with Crippen molar-refractivity contribution in [3.05, 3.63) is 59.0 Å². The smallest absolute Gasteiger partial charge is 0.201 e. The Morgan fingerprint density at radius 1 is 1.13 bits per heavy atom. The normalized spacial score (nSPS) is 18.1. The fourth-order valence-electron chi connectivity index (χ4n) is 5.18. The van der Waals surface area contributed by atoms with Gasteiger partial charge >= 0.3 is 0 Å². The maximum atomic E-state index is 13.3. The topological polar surface area (TPSA) is 91.8 Å². The van der Waals surface area contributed by atoms with Crippen molar-refractivity contribution >= 4 is 17.2 Å². The molecule has 0 saturated carbocycles. The third-order valence-electron chi connectivity index (χ3n) is 7.46. The molecule has 2 aliphatic heterocycles. The van der Waals surface area contributed by atoms with E-state index < -0.39 is 11.9 Å². The van der Waals surface area contributed by atoms with E-state index in [1.165, 1.54) is 6.07 Å². The van der Waals surface area contributed by atoms with Crippen LogP contribution >= 0.6 is 11.6 Å². The maximum absolute atomic E-state index is 13.3. The van der Waals surface area contributed by atoms with E-state index in [-0.39, 0.29) is 6.61 Å². The van der Waals surface area contributed by atoms with Gasteiger partial charge in [-0.05, 0) is 38.0 Å². The van der Waals surface area contributed by atoms with Gasteiger partial charge in [0.05, 0.1) is 49.1 Å². The van der Waals surface area contributed by atoms with E-state index in [0.29, 0.717) is 34.5 Å². The summed E-state index contributed by atoms with van der Waals surface area (Å²) < 4.78 is 34.2. The Morgan fingerprint density at radius 3 is 2.63 bits per heavy atom. The van der Waals surface area contributed by atoms with E-state index in [9.17, 15) is 4.39 Å². The lowest BCUT2D eigenvalue weighted by atomic mass is 10.0. The van der Waals surface area contributed by atoms with Gasteiger partial charge in [-0.3, -0.25) is 14.3 Å². The number of hydrogen-bond donors (Lipinski definition) is 0. The molecule has 2 aliphatic rings. The molecule has 2 fully saturated rings. The number of likely N-dealkylation sites (tertiary alicyclic amines) is 1. The van der Waals surface area contributed by atoms with Crippen LogP contribution in [0.2, 0.25) is 5.15 Å². The first-order valence-electron chi connectivity index (χ1n) is 12.7. The summed E-state index contributed by atoms with van der Waals surface area (Å²) in [5.74, 6) is 0.0696. The highest BCUT2D eigenvalue weighted by Gasteiger charge is 2.31. The Balaban J connectivity index is 1.24. The Morgan fingerprint density at radius 2 is 1.95 bits per heavy atom.